The van der Waals surface area contributed by atoms with Gasteiger partial charge in [-0.15, -0.1) is 17.5 Å². The molecule has 1 fully saturated rings. The van der Waals surface area contributed by atoms with Crippen molar-refractivity contribution in [2.45, 2.75) is 25.4 Å². The Morgan fingerprint density at radius 2 is 2.25 bits per heavy atom. The van der Waals surface area contributed by atoms with E-state index >= 15 is 0 Å². The highest BCUT2D eigenvalue weighted by atomic mass is 35.5. The minimum absolute atomic E-state index is 0. The summed E-state index contributed by atoms with van der Waals surface area (Å²) >= 11 is 1.89. The van der Waals surface area contributed by atoms with Crippen molar-refractivity contribution in [2.24, 2.45) is 0 Å². The number of thioether (sulfide) groups is 1. The van der Waals surface area contributed by atoms with E-state index in [1.54, 1.807) is 4.68 Å². The minimum Gasteiger partial charge on any atom is -0.348 e. The molecule has 2 unspecified atom stereocenters. The maximum absolute atomic E-state index is 12.2. The van der Waals surface area contributed by atoms with Gasteiger partial charge in [0.1, 0.15) is 5.69 Å². The lowest BCUT2D eigenvalue weighted by Gasteiger charge is -2.23. The molecular formula is C16H22ClN5OS. The fourth-order valence-corrected chi connectivity index (χ4v) is 3.48. The van der Waals surface area contributed by atoms with Gasteiger partial charge in [0.25, 0.3) is 0 Å². The van der Waals surface area contributed by atoms with E-state index in [0.717, 1.165) is 29.4 Å². The van der Waals surface area contributed by atoms with Crippen molar-refractivity contribution in [3.05, 3.63) is 42.2 Å². The number of nitrogens with zero attached hydrogens (tertiary/aromatic N) is 3. The molecule has 1 saturated heterocycles. The summed E-state index contributed by atoms with van der Waals surface area (Å²) in [6.45, 7) is 2.91. The van der Waals surface area contributed by atoms with Crippen LogP contribution in [0.15, 0.2) is 36.5 Å². The number of carbonyl (C=O) groups is 1. The molecule has 24 heavy (non-hydrogen) atoms. The standard InChI is InChI=1S/C16H21N5OS.ClH/c1-12(18-16(22)9-13-11-23-8-7-17-13)15-10-21(20-19-15)14-5-3-2-4-6-14;/h2-6,10,12-13,17H,7-9,11H2,1H3,(H,18,22);1H. The van der Waals surface area contributed by atoms with Crippen LogP contribution in [0, 0.1) is 0 Å². The van der Waals surface area contributed by atoms with Crippen LogP contribution in [-0.2, 0) is 4.79 Å². The number of aromatic nitrogens is 3. The smallest absolute Gasteiger partial charge is 0.222 e. The molecule has 0 saturated carbocycles. The van der Waals surface area contributed by atoms with Gasteiger partial charge in [0.2, 0.25) is 5.91 Å². The van der Waals surface area contributed by atoms with Crippen LogP contribution in [0.1, 0.15) is 25.1 Å². The van der Waals surface area contributed by atoms with Crippen LogP contribution in [0.3, 0.4) is 0 Å². The van der Waals surface area contributed by atoms with E-state index < -0.39 is 0 Å². The quantitative estimate of drug-likeness (QED) is 0.845. The molecule has 2 N–H and O–H groups in total. The Labute approximate surface area is 152 Å². The molecule has 8 heteroatoms. The van der Waals surface area contributed by atoms with Crippen molar-refractivity contribution in [1.29, 1.82) is 0 Å². The largest absolute Gasteiger partial charge is 0.348 e. The Morgan fingerprint density at radius 1 is 1.46 bits per heavy atom. The van der Waals surface area contributed by atoms with Gasteiger partial charge in [0, 0.05) is 30.5 Å². The topological polar surface area (TPSA) is 71.8 Å². The highest BCUT2D eigenvalue weighted by molar-refractivity contribution is 7.99. The lowest BCUT2D eigenvalue weighted by Crippen LogP contribution is -2.41. The Bertz CT molecular complexity index is 645. The average molecular weight is 368 g/mol. The summed E-state index contributed by atoms with van der Waals surface area (Å²) in [4.78, 5) is 12.2. The molecule has 1 aliphatic heterocycles. The predicted molar refractivity (Wildman–Crippen MR) is 98.9 cm³/mol. The van der Waals surface area contributed by atoms with Gasteiger partial charge in [-0.1, -0.05) is 23.4 Å². The van der Waals surface area contributed by atoms with Crippen LogP contribution in [0.2, 0.25) is 0 Å². The van der Waals surface area contributed by atoms with Crippen molar-refractivity contribution in [3.63, 3.8) is 0 Å². The summed E-state index contributed by atoms with van der Waals surface area (Å²) in [5.74, 6) is 2.16. The van der Waals surface area contributed by atoms with Gasteiger partial charge in [-0.25, -0.2) is 4.68 Å². The Balaban J connectivity index is 0.00000208. The number of amides is 1. The summed E-state index contributed by atoms with van der Waals surface area (Å²) in [6, 6.07) is 9.91. The number of hydrogen-bond acceptors (Lipinski definition) is 5. The van der Waals surface area contributed by atoms with Crippen molar-refractivity contribution in [3.8, 4) is 5.69 Å². The monoisotopic (exact) mass is 367 g/mol. The van der Waals surface area contributed by atoms with Gasteiger partial charge in [0.15, 0.2) is 0 Å². The first-order valence-electron chi connectivity index (χ1n) is 7.80. The number of nitrogens with one attached hydrogen (secondary N) is 2. The second-order valence-electron chi connectivity index (χ2n) is 5.64. The minimum atomic E-state index is -0.156. The lowest BCUT2D eigenvalue weighted by atomic mass is 10.2. The Morgan fingerprint density at radius 3 is 2.96 bits per heavy atom. The van der Waals surface area contributed by atoms with E-state index in [4.69, 9.17) is 0 Å². The van der Waals surface area contributed by atoms with Gasteiger partial charge in [0.05, 0.1) is 17.9 Å². The van der Waals surface area contributed by atoms with Gasteiger partial charge in [-0.05, 0) is 19.1 Å². The van der Waals surface area contributed by atoms with E-state index in [9.17, 15) is 4.79 Å². The highest BCUT2D eigenvalue weighted by Crippen LogP contribution is 2.14. The molecular weight excluding hydrogens is 346 g/mol. The van der Waals surface area contributed by atoms with Crippen LogP contribution in [-0.4, -0.2) is 45.0 Å². The first-order chi connectivity index (χ1) is 11.2. The van der Waals surface area contributed by atoms with Crippen molar-refractivity contribution in [2.75, 3.05) is 18.1 Å². The van der Waals surface area contributed by atoms with Crippen LogP contribution >= 0.6 is 24.2 Å². The third-order valence-corrected chi connectivity index (χ3v) is 4.91. The molecule has 130 valence electrons. The van der Waals surface area contributed by atoms with Gasteiger partial charge in [-0.3, -0.25) is 4.79 Å². The summed E-state index contributed by atoms with van der Waals surface area (Å²) in [7, 11) is 0. The van der Waals surface area contributed by atoms with Crippen molar-refractivity contribution in [1.82, 2.24) is 25.6 Å². The van der Waals surface area contributed by atoms with E-state index in [2.05, 4.69) is 20.9 Å². The van der Waals surface area contributed by atoms with E-state index in [1.165, 1.54) is 0 Å². The predicted octanol–water partition coefficient (Wildman–Crippen LogP) is 1.96. The Hall–Kier alpha value is -1.57. The molecule has 0 bridgehead atoms. The van der Waals surface area contributed by atoms with Crippen molar-refractivity contribution < 1.29 is 4.79 Å². The first kappa shape index (κ1) is 18.8. The molecule has 0 radical (unpaired) electrons. The van der Waals surface area contributed by atoms with Gasteiger partial charge >= 0.3 is 0 Å². The number of halogens is 1. The molecule has 0 aliphatic carbocycles. The Kier molecular flexibility index (Phi) is 7.08. The summed E-state index contributed by atoms with van der Waals surface area (Å²) in [6.07, 6.45) is 2.36. The number of rotatable bonds is 5. The zero-order chi connectivity index (χ0) is 16.1. The number of para-hydroxylation sites is 1. The zero-order valence-electron chi connectivity index (χ0n) is 13.5. The van der Waals surface area contributed by atoms with Crippen molar-refractivity contribution >= 4 is 30.1 Å². The van der Waals surface area contributed by atoms with Gasteiger partial charge < -0.3 is 10.6 Å². The molecule has 1 aromatic heterocycles. The maximum atomic E-state index is 12.2. The number of carbonyl (C=O) groups excluding carboxylic acids is 1. The molecule has 1 amide bonds. The average Bonchev–Trinajstić information content (AvgIpc) is 3.06. The van der Waals surface area contributed by atoms with Crippen LogP contribution in [0.4, 0.5) is 0 Å². The number of benzene rings is 1. The third kappa shape index (κ3) is 4.96. The van der Waals surface area contributed by atoms with Crippen LogP contribution in [0.5, 0.6) is 0 Å². The summed E-state index contributed by atoms with van der Waals surface area (Å²) < 4.78 is 1.72. The lowest BCUT2D eigenvalue weighted by molar-refractivity contribution is -0.122. The van der Waals surface area contributed by atoms with Crippen LogP contribution in [0.25, 0.3) is 5.69 Å². The maximum Gasteiger partial charge on any atom is 0.222 e. The molecule has 2 atom stereocenters. The molecule has 2 aromatic rings. The molecule has 0 spiro atoms. The molecule has 1 aromatic carbocycles. The second kappa shape index (κ2) is 9.05. The fraction of sp³-hybridized carbons (Fsp3) is 0.438. The molecule has 1 aliphatic rings. The molecule has 2 heterocycles. The zero-order valence-corrected chi connectivity index (χ0v) is 15.1. The fourth-order valence-electron chi connectivity index (χ4n) is 2.53. The van der Waals surface area contributed by atoms with Gasteiger partial charge in [-0.2, -0.15) is 11.8 Å². The van der Waals surface area contributed by atoms with Crippen LogP contribution < -0.4 is 10.6 Å². The SMILES string of the molecule is CC(NC(=O)CC1CSCCN1)c1cn(-c2ccccc2)nn1.Cl. The van der Waals surface area contributed by atoms with E-state index in [0.29, 0.717) is 6.42 Å². The summed E-state index contributed by atoms with van der Waals surface area (Å²) in [5, 5.41) is 14.7. The van der Waals surface area contributed by atoms with E-state index in [-0.39, 0.29) is 30.4 Å². The molecule has 3 rings (SSSR count). The normalized spacial score (nSPS) is 18.5. The third-order valence-electron chi connectivity index (χ3n) is 3.78. The molecule has 6 nitrogen and oxygen atoms in total. The highest BCUT2D eigenvalue weighted by Gasteiger charge is 2.19. The first-order valence-corrected chi connectivity index (χ1v) is 8.96. The number of hydrogen-bond donors (Lipinski definition) is 2. The second-order valence-corrected chi connectivity index (χ2v) is 6.79. The summed E-state index contributed by atoms with van der Waals surface area (Å²) in [5.41, 5.74) is 1.71. The van der Waals surface area contributed by atoms with E-state index in [1.807, 2.05) is 55.2 Å².